The molecule has 0 fully saturated rings. The Morgan fingerprint density at radius 2 is 1.23 bits per heavy atom. The number of phenolic OH excluding ortho intramolecular Hbond substituents is 2. The average molecular weight is 944 g/mol. The van der Waals surface area contributed by atoms with Crippen LogP contribution >= 0.6 is 0 Å². The number of aryl methyl sites for hydroxylation is 1. The topological polar surface area (TPSA) is 386 Å². The van der Waals surface area contributed by atoms with E-state index in [1.54, 1.807) is 0 Å². The second-order valence-electron chi connectivity index (χ2n) is 12.2. The van der Waals surface area contributed by atoms with Crippen LogP contribution < -0.4 is 10.1 Å². The SMILES string of the molecule is COc1cc(S(=O)(=O)CCOS(=O)(=O)O)c(C)cc1N=Nc1c(O)cc(C(=O)O)c(N=Nc2ccc(N=Nc3ccc(S(=O)(=O)CCOS(=O)(=O)O)cc3)c(NC(C)=O)c2)c1O. The van der Waals surface area contributed by atoms with Crippen LogP contribution in [0.1, 0.15) is 22.8 Å². The minimum Gasteiger partial charge on any atom is -0.505 e. The van der Waals surface area contributed by atoms with Gasteiger partial charge in [0.1, 0.15) is 28.6 Å². The second-order valence-corrected chi connectivity index (χ2v) is 18.6. The molecule has 4 rings (SSSR count). The number of carbonyl (C=O) groups excluding carboxylic acids is 1. The van der Waals surface area contributed by atoms with E-state index in [4.69, 9.17) is 13.8 Å². The summed E-state index contributed by atoms with van der Waals surface area (Å²) in [7, 11) is -16.8. The summed E-state index contributed by atoms with van der Waals surface area (Å²) >= 11 is 0. The number of carboxylic acid groups (broad SMARTS) is 1. The van der Waals surface area contributed by atoms with Crippen LogP contribution in [0.2, 0.25) is 0 Å². The molecule has 62 heavy (non-hydrogen) atoms. The lowest BCUT2D eigenvalue weighted by molar-refractivity contribution is -0.114. The molecule has 0 saturated heterocycles. The Balaban J connectivity index is 1.63. The zero-order valence-corrected chi connectivity index (χ0v) is 35.2. The minimum atomic E-state index is -4.90. The summed E-state index contributed by atoms with van der Waals surface area (Å²) < 4.78 is 124. The number of hydrogen-bond acceptors (Lipinski definition) is 21. The van der Waals surface area contributed by atoms with E-state index >= 15 is 0 Å². The lowest BCUT2D eigenvalue weighted by atomic mass is 10.1. The average Bonchev–Trinajstić information content (AvgIpc) is 3.15. The number of benzene rings is 4. The van der Waals surface area contributed by atoms with Crippen molar-refractivity contribution in [3.63, 3.8) is 0 Å². The summed E-state index contributed by atoms with van der Waals surface area (Å²) in [5, 5.41) is 57.6. The Kier molecular flexibility index (Phi) is 15.3. The molecule has 0 atom stereocenters. The fourth-order valence-electron chi connectivity index (χ4n) is 4.96. The molecule has 0 aliphatic carbocycles. The number of nitrogens with one attached hydrogen (secondary N) is 1. The highest BCUT2D eigenvalue weighted by Crippen LogP contribution is 2.47. The number of anilines is 1. The van der Waals surface area contributed by atoms with Gasteiger partial charge < -0.3 is 25.4 Å². The number of aromatic carboxylic acids is 1. The lowest BCUT2D eigenvalue weighted by Gasteiger charge is -2.12. The van der Waals surface area contributed by atoms with Gasteiger partial charge in [0.05, 0.1) is 64.2 Å². The standard InChI is InChI=1S/C33H33N7O18S4/c1-18-14-26(28(56-3)17-29(18)60(48,49)13-11-58-62(53,54)55)38-40-31-27(42)16-23(33(44)45)30(32(31)43)39-36-21-6-9-24(25(15-21)34-19(2)41)37-35-20-4-7-22(8-5-20)59(46,47)12-10-57-61(50,51)52/h4-9,14-17,42-43H,10-13H2,1-3H3,(H,34,41)(H,44,45)(H,50,51,52)(H,53,54,55). The van der Waals surface area contributed by atoms with Crippen LogP contribution in [0.4, 0.5) is 39.8 Å². The molecule has 1 amide bonds. The summed E-state index contributed by atoms with van der Waals surface area (Å²) in [5.41, 5.74) is -2.03. The van der Waals surface area contributed by atoms with Gasteiger partial charge in [0.2, 0.25) is 5.91 Å². The molecule has 0 saturated carbocycles. The number of carbonyl (C=O) groups is 2. The van der Waals surface area contributed by atoms with Crippen molar-refractivity contribution in [2.75, 3.05) is 37.1 Å². The van der Waals surface area contributed by atoms with Crippen LogP contribution in [0.3, 0.4) is 0 Å². The maximum atomic E-state index is 12.9. The third-order valence-corrected chi connectivity index (χ3v) is 12.2. The Morgan fingerprint density at radius 3 is 1.79 bits per heavy atom. The number of hydrogen-bond donors (Lipinski definition) is 6. The number of methoxy groups -OCH3 is 1. The first-order valence-corrected chi connectivity index (χ1v) is 22.8. The van der Waals surface area contributed by atoms with Crippen LogP contribution in [0.15, 0.2) is 101 Å². The van der Waals surface area contributed by atoms with Crippen LogP contribution in [-0.2, 0) is 53.6 Å². The first kappa shape index (κ1) is 48.3. The van der Waals surface area contributed by atoms with E-state index in [2.05, 4.69) is 44.4 Å². The maximum Gasteiger partial charge on any atom is 0.397 e. The zero-order chi connectivity index (χ0) is 46.2. The summed E-state index contributed by atoms with van der Waals surface area (Å²) in [6, 6.07) is 11.7. The summed E-state index contributed by atoms with van der Waals surface area (Å²) in [5.74, 6) is -5.91. The van der Waals surface area contributed by atoms with Crippen LogP contribution in [0.25, 0.3) is 0 Å². The second kappa shape index (κ2) is 19.6. The summed E-state index contributed by atoms with van der Waals surface area (Å²) in [4.78, 5) is 23.6. The highest BCUT2D eigenvalue weighted by Gasteiger charge is 2.24. The number of ether oxygens (including phenoxy) is 1. The lowest BCUT2D eigenvalue weighted by Crippen LogP contribution is -2.16. The first-order valence-electron chi connectivity index (χ1n) is 16.8. The first-order chi connectivity index (χ1) is 28.8. The summed E-state index contributed by atoms with van der Waals surface area (Å²) in [6.07, 6.45) is 0. The molecule has 25 nitrogen and oxygen atoms in total. The Morgan fingerprint density at radius 1 is 0.677 bits per heavy atom. The number of azo groups is 3. The van der Waals surface area contributed by atoms with Crippen LogP contribution in [-0.4, -0.2) is 102 Å². The molecule has 0 radical (unpaired) electrons. The number of rotatable bonds is 19. The van der Waals surface area contributed by atoms with Crippen molar-refractivity contribution in [3.8, 4) is 17.2 Å². The number of amides is 1. The maximum absolute atomic E-state index is 12.9. The van der Waals surface area contributed by atoms with E-state index in [9.17, 15) is 58.6 Å². The quantitative estimate of drug-likeness (QED) is 0.0499. The van der Waals surface area contributed by atoms with E-state index in [0.29, 0.717) is 6.07 Å². The van der Waals surface area contributed by atoms with Gasteiger partial charge in [-0.1, -0.05) is 0 Å². The largest absolute Gasteiger partial charge is 0.505 e. The fraction of sp³-hybridized carbons (Fsp3) is 0.212. The minimum absolute atomic E-state index is 0.0214. The molecule has 332 valence electrons. The smallest absolute Gasteiger partial charge is 0.397 e. The predicted molar refractivity (Wildman–Crippen MR) is 213 cm³/mol. The Labute approximate surface area is 352 Å². The zero-order valence-electron chi connectivity index (χ0n) is 32.0. The van der Waals surface area contributed by atoms with Crippen molar-refractivity contribution in [1.82, 2.24) is 0 Å². The monoisotopic (exact) mass is 943 g/mol. The van der Waals surface area contributed by atoms with Gasteiger partial charge in [0.25, 0.3) is 0 Å². The number of aromatic hydroxyl groups is 2. The van der Waals surface area contributed by atoms with Crippen molar-refractivity contribution < 1.29 is 80.8 Å². The molecule has 4 aromatic rings. The van der Waals surface area contributed by atoms with Crippen LogP contribution in [0.5, 0.6) is 17.2 Å². The van der Waals surface area contributed by atoms with Crippen molar-refractivity contribution in [1.29, 1.82) is 0 Å². The number of phenols is 2. The molecule has 0 aliphatic rings. The molecule has 0 bridgehead atoms. The predicted octanol–water partition coefficient (Wildman–Crippen LogP) is 5.50. The van der Waals surface area contributed by atoms with Gasteiger partial charge in [0, 0.05) is 13.0 Å². The van der Waals surface area contributed by atoms with Crippen molar-refractivity contribution in [3.05, 3.63) is 71.8 Å². The third-order valence-electron chi connectivity index (χ3n) is 7.72. The van der Waals surface area contributed by atoms with Crippen LogP contribution in [0, 0.1) is 6.92 Å². The normalized spacial score (nSPS) is 12.7. The molecular weight excluding hydrogens is 911 g/mol. The van der Waals surface area contributed by atoms with E-state index in [0.717, 1.165) is 25.3 Å². The van der Waals surface area contributed by atoms with E-state index < -0.39 is 106 Å². The Hall–Kier alpha value is -6.34. The molecule has 0 spiro atoms. The van der Waals surface area contributed by atoms with Gasteiger partial charge in [-0.15, -0.1) is 20.5 Å². The molecule has 6 N–H and O–H groups in total. The highest BCUT2D eigenvalue weighted by atomic mass is 32.3. The molecule has 0 aromatic heterocycles. The van der Waals surface area contributed by atoms with Gasteiger partial charge in [-0.3, -0.25) is 13.9 Å². The molecule has 0 aliphatic heterocycles. The Bertz CT molecular complexity index is 2940. The van der Waals surface area contributed by atoms with E-state index in [1.165, 1.54) is 50.2 Å². The van der Waals surface area contributed by atoms with E-state index in [-0.39, 0.29) is 49.5 Å². The number of nitrogens with zero attached hydrogens (tertiary/aromatic N) is 6. The van der Waals surface area contributed by atoms with Gasteiger partial charge in [-0.2, -0.15) is 27.1 Å². The molecule has 4 aromatic carbocycles. The fourth-order valence-corrected chi connectivity index (χ4v) is 8.21. The van der Waals surface area contributed by atoms with Gasteiger partial charge >= 0.3 is 26.8 Å². The van der Waals surface area contributed by atoms with Gasteiger partial charge in [-0.05, 0) is 67.1 Å². The van der Waals surface area contributed by atoms with E-state index in [1.807, 2.05) is 0 Å². The van der Waals surface area contributed by atoms with Crippen molar-refractivity contribution in [2.45, 2.75) is 23.6 Å². The van der Waals surface area contributed by atoms with Gasteiger partial charge in [0.15, 0.2) is 31.1 Å². The van der Waals surface area contributed by atoms with Gasteiger partial charge in [-0.25, -0.2) is 30.0 Å². The molecule has 0 heterocycles. The van der Waals surface area contributed by atoms with Crippen molar-refractivity contribution >= 4 is 92.2 Å². The number of carboxylic acids is 1. The molecule has 29 heteroatoms. The molecular formula is C33H33N7O18S4. The number of sulfone groups is 2. The van der Waals surface area contributed by atoms with Crippen molar-refractivity contribution in [2.24, 2.45) is 30.7 Å². The third kappa shape index (κ3) is 13.3. The molecule has 0 unspecified atom stereocenters. The highest BCUT2D eigenvalue weighted by molar-refractivity contribution is 7.91. The summed E-state index contributed by atoms with van der Waals surface area (Å²) in [6.45, 7) is 0.810.